The van der Waals surface area contributed by atoms with E-state index in [1.165, 1.54) is 18.6 Å². The fourth-order valence-electron chi connectivity index (χ4n) is 3.37. The summed E-state index contributed by atoms with van der Waals surface area (Å²) >= 11 is 3.32. The molecule has 0 spiro atoms. The number of nitrogens with zero attached hydrogens (tertiary/aromatic N) is 1. The molecule has 2 aliphatic rings. The van der Waals surface area contributed by atoms with Gasteiger partial charge in [0.25, 0.3) is 5.91 Å². The summed E-state index contributed by atoms with van der Waals surface area (Å²) in [4.78, 5) is 14.6. The van der Waals surface area contributed by atoms with E-state index in [9.17, 15) is 13.2 Å². The van der Waals surface area contributed by atoms with Gasteiger partial charge in [0.05, 0.1) is 4.90 Å². The largest absolute Gasteiger partial charge is 0.335 e. The summed E-state index contributed by atoms with van der Waals surface area (Å²) in [5.41, 5.74) is 1.16. The van der Waals surface area contributed by atoms with Crippen molar-refractivity contribution in [1.82, 2.24) is 4.90 Å². The standard InChI is InChI=1S/C14H17BrN2O3S/c1-8-12(5-11(6-13(8)15)21(16,19)20)14(18)17-7-9-2-3-10(17)4-9/h5-6,9-10H,2-4,7H2,1H3,(H2,16,19,20). The van der Waals surface area contributed by atoms with Crippen molar-refractivity contribution in [3.63, 3.8) is 0 Å². The number of nitrogens with two attached hydrogens (primary N) is 1. The number of carbonyl (C=O) groups excluding carboxylic acids is 1. The Morgan fingerprint density at radius 3 is 2.62 bits per heavy atom. The van der Waals surface area contributed by atoms with Crippen LogP contribution in [0.4, 0.5) is 0 Å². The summed E-state index contributed by atoms with van der Waals surface area (Å²) in [6, 6.07) is 3.14. The molecule has 2 unspecified atom stereocenters. The summed E-state index contributed by atoms with van der Waals surface area (Å²) in [6.07, 6.45) is 3.31. The highest BCUT2D eigenvalue weighted by molar-refractivity contribution is 9.10. The molecule has 1 aromatic carbocycles. The van der Waals surface area contributed by atoms with Crippen LogP contribution in [0.15, 0.2) is 21.5 Å². The molecule has 2 bridgehead atoms. The predicted octanol–water partition coefficient (Wildman–Crippen LogP) is 2.03. The first kappa shape index (κ1) is 15.0. The lowest BCUT2D eigenvalue weighted by atomic mass is 10.1. The van der Waals surface area contributed by atoms with Gasteiger partial charge in [0, 0.05) is 22.6 Å². The van der Waals surface area contributed by atoms with E-state index < -0.39 is 10.0 Å². The van der Waals surface area contributed by atoms with Crippen LogP contribution in [0.5, 0.6) is 0 Å². The maximum absolute atomic E-state index is 12.8. The molecule has 1 amide bonds. The van der Waals surface area contributed by atoms with E-state index >= 15 is 0 Å². The van der Waals surface area contributed by atoms with Crippen molar-refractivity contribution >= 4 is 31.9 Å². The van der Waals surface area contributed by atoms with Crippen LogP contribution in [0, 0.1) is 12.8 Å². The number of rotatable bonds is 2. The van der Waals surface area contributed by atoms with Crippen molar-refractivity contribution in [3.8, 4) is 0 Å². The van der Waals surface area contributed by atoms with Crippen LogP contribution in [-0.4, -0.2) is 31.8 Å². The number of hydrogen-bond donors (Lipinski definition) is 1. The monoisotopic (exact) mass is 372 g/mol. The Morgan fingerprint density at radius 2 is 2.10 bits per heavy atom. The van der Waals surface area contributed by atoms with Gasteiger partial charge in [-0.25, -0.2) is 13.6 Å². The molecule has 1 aliphatic heterocycles. The van der Waals surface area contributed by atoms with Crippen LogP contribution in [0.25, 0.3) is 0 Å². The number of likely N-dealkylation sites (tertiary alicyclic amines) is 1. The fraction of sp³-hybridized carbons (Fsp3) is 0.500. The molecule has 21 heavy (non-hydrogen) atoms. The lowest BCUT2D eigenvalue weighted by molar-refractivity contribution is 0.0702. The minimum atomic E-state index is -3.83. The zero-order valence-corrected chi connectivity index (χ0v) is 14.1. The lowest BCUT2D eigenvalue weighted by Crippen LogP contribution is -2.38. The second-order valence-corrected chi connectivity index (χ2v) is 8.33. The Labute approximate surface area is 132 Å². The number of piperidine rings is 1. The highest BCUT2D eigenvalue weighted by atomic mass is 79.9. The number of primary sulfonamides is 1. The van der Waals surface area contributed by atoms with E-state index in [0.717, 1.165) is 24.9 Å². The molecule has 1 heterocycles. The molecule has 2 fully saturated rings. The van der Waals surface area contributed by atoms with Crippen LogP contribution in [0.3, 0.4) is 0 Å². The summed E-state index contributed by atoms with van der Waals surface area (Å²) in [5.74, 6) is 0.509. The minimum Gasteiger partial charge on any atom is -0.335 e. The van der Waals surface area contributed by atoms with Gasteiger partial charge in [0.15, 0.2) is 0 Å². The average molecular weight is 373 g/mol. The highest BCUT2D eigenvalue weighted by Gasteiger charge is 2.40. The van der Waals surface area contributed by atoms with Gasteiger partial charge < -0.3 is 4.90 Å². The van der Waals surface area contributed by atoms with Crippen LogP contribution in [0.1, 0.15) is 35.2 Å². The third kappa shape index (κ3) is 2.62. The Morgan fingerprint density at radius 1 is 1.38 bits per heavy atom. The van der Waals surface area contributed by atoms with Gasteiger partial charge in [-0.15, -0.1) is 0 Å². The maximum atomic E-state index is 12.8. The number of carbonyl (C=O) groups is 1. The molecule has 1 aliphatic carbocycles. The van der Waals surface area contributed by atoms with Gasteiger partial charge in [0.1, 0.15) is 0 Å². The van der Waals surface area contributed by atoms with Gasteiger partial charge in [0.2, 0.25) is 10.0 Å². The van der Waals surface area contributed by atoms with E-state index in [1.807, 2.05) is 4.90 Å². The summed E-state index contributed by atoms with van der Waals surface area (Å²) in [6.45, 7) is 2.58. The van der Waals surface area contributed by atoms with Gasteiger partial charge in [-0.2, -0.15) is 0 Å². The molecule has 1 aromatic rings. The fourth-order valence-corrected chi connectivity index (χ4v) is 4.54. The van der Waals surface area contributed by atoms with Crippen molar-refractivity contribution in [2.75, 3.05) is 6.54 Å². The Hall–Kier alpha value is -0.920. The molecular weight excluding hydrogens is 356 g/mol. The Bertz CT molecular complexity index is 717. The van der Waals surface area contributed by atoms with Crippen molar-refractivity contribution in [1.29, 1.82) is 0 Å². The molecule has 114 valence electrons. The zero-order valence-electron chi connectivity index (χ0n) is 11.7. The second-order valence-electron chi connectivity index (χ2n) is 5.91. The third-order valence-electron chi connectivity index (χ3n) is 4.55. The van der Waals surface area contributed by atoms with Crippen molar-refractivity contribution < 1.29 is 13.2 Å². The molecule has 1 saturated carbocycles. The normalized spacial score (nSPS) is 24.6. The van der Waals surface area contributed by atoms with Gasteiger partial charge in [-0.05, 0) is 49.8 Å². The first-order valence-corrected chi connectivity index (χ1v) is 9.25. The van der Waals surface area contributed by atoms with Gasteiger partial charge in [-0.1, -0.05) is 15.9 Å². The highest BCUT2D eigenvalue weighted by Crippen LogP contribution is 2.38. The SMILES string of the molecule is Cc1c(Br)cc(S(N)(=O)=O)cc1C(=O)N1CC2CCC1C2. The summed E-state index contributed by atoms with van der Waals surface area (Å²) < 4.78 is 23.7. The van der Waals surface area contributed by atoms with Crippen LogP contribution >= 0.6 is 15.9 Å². The Kier molecular flexibility index (Phi) is 3.62. The number of sulfonamides is 1. The molecule has 2 atom stereocenters. The smallest absolute Gasteiger partial charge is 0.254 e. The molecule has 2 N–H and O–H groups in total. The van der Waals surface area contributed by atoms with E-state index in [2.05, 4.69) is 15.9 Å². The van der Waals surface area contributed by atoms with E-state index in [4.69, 9.17) is 5.14 Å². The van der Waals surface area contributed by atoms with Crippen molar-refractivity contribution in [2.24, 2.45) is 11.1 Å². The Balaban J connectivity index is 2.01. The minimum absolute atomic E-state index is 0.0346. The first-order valence-electron chi connectivity index (χ1n) is 6.91. The first-order chi connectivity index (χ1) is 9.77. The number of hydrogen-bond acceptors (Lipinski definition) is 3. The molecular formula is C14H17BrN2O3S. The molecule has 0 aromatic heterocycles. The second kappa shape index (κ2) is 5.07. The summed E-state index contributed by atoms with van der Waals surface area (Å²) in [5, 5.41) is 5.19. The predicted molar refractivity (Wildman–Crippen MR) is 82.4 cm³/mol. The van der Waals surface area contributed by atoms with Crippen molar-refractivity contribution in [3.05, 3.63) is 27.7 Å². The number of benzene rings is 1. The average Bonchev–Trinajstić information content (AvgIpc) is 3.02. The van der Waals surface area contributed by atoms with Crippen molar-refractivity contribution in [2.45, 2.75) is 37.1 Å². The quantitative estimate of drug-likeness (QED) is 0.862. The van der Waals surface area contributed by atoms with E-state index in [0.29, 0.717) is 22.0 Å². The topological polar surface area (TPSA) is 80.5 Å². The third-order valence-corrected chi connectivity index (χ3v) is 6.26. The lowest BCUT2D eigenvalue weighted by Gasteiger charge is -2.28. The summed E-state index contributed by atoms with van der Waals surface area (Å²) in [7, 11) is -3.83. The van der Waals surface area contributed by atoms with E-state index in [1.54, 1.807) is 6.92 Å². The molecule has 3 rings (SSSR count). The number of halogens is 1. The van der Waals surface area contributed by atoms with E-state index in [-0.39, 0.29) is 10.8 Å². The van der Waals surface area contributed by atoms with Gasteiger partial charge >= 0.3 is 0 Å². The zero-order chi connectivity index (χ0) is 15.4. The van der Waals surface area contributed by atoms with Crippen LogP contribution in [0.2, 0.25) is 0 Å². The maximum Gasteiger partial charge on any atom is 0.254 e. The molecule has 5 nitrogen and oxygen atoms in total. The number of fused-ring (bicyclic) bond motifs is 2. The number of amides is 1. The van der Waals surface area contributed by atoms with Crippen LogP contribution < -0.4 is 5.14 Å². The van der Waals surface area contributed by atoms with Crippen LogP contribution in [-0.2, 0) is 10.0 Å². The molecule has 1 saturated heterocycles. The molecule has 7 heteroatoms. The van der Waals surface area contributed by atoms with Gasteiger partial charge in [-0.3, -0.25) is 4.79 Å². The molecule has 0 radical (unpaired) electrons.